The highest BCUT2D eigenvalue weighted by Crippen LogP contribution is 2.34. The maximum Gasteiger partial charge on any atom is 0.373 e. The summed E-state index contributed by atoms with van der Waals surface area (Å²) in [6, 6.07) is 11.5. The van der Waals surface area contributed by atoms with Crippen LogP contribution in [0.15, 0.2) is 40.8 Å². The molecule has 1 aliphatic carbocycles. The molecule has 0 bridgehead atoms. The summed E-state index contributed by atoms with van der Waals surface area (Å²) in [6.45, 7) is 0. The van der Waals surface area contributed by atoms with Crippen molar-refractivity contribution in [2.24, 2.45) is 5.92 Å². The minimum Gasteiger partial charge on any atom is -0.463 e. The molecule has 4 nitrogen and oxygen atoms in total. The highest BCUT2D eigenvalue weighted by Gasteiger charge is 2.28. The maximum absolute atomic E-state index is 11.4. The molecule has 0 aliphatic heterocycles. The van der Waals surface area contributed by atoms with Crippen LogP contribution in [0.25, 0.3) is 0 Å². The van der Waals surface area contributed by atoms with E-state index in [9.17, 15) is 9.90 Å². The Kier molecular flexibility index (Phi) is 3.80. The van der Waals surface area contributed by atoms with Crippen molar-refractivity contribution < 1.29 is 19.1 Å². The predicted molar refractivity (Wildman–Crippen MR) is 77.0 cm³/mol. The van der Waals surface area contributed by atoms with Crippen LogP contribution in [0.4, 0.5) is 0 Å². The molecule has 0 spiro atoms. The van der Waals surface area contributed by atoms with Crippen LogP contribution in [0.1, 0.15) is 40.0 Å². The Bertz CT molecular complexity index is 644. The first kappa shape index (κ1) is 13.9. The van der Waals surface area contributed by atoms with Crippen LogP contribution >= 0.6 is 0 Å². The summed E-state index contributed by atoms with van der Waals surface area (Å²) in [5, 5.41) is 10.5. The first-order valence-electron chi connectivity index (χ1n) is 7.12. The van der Waals surface area contributed by atoms with Crippen LogP contribution in [0.2, 0.25) is 0 Å². The molecule has 1 heterocycles. The van der Waals surface area contributed by atoms with Crippen molar-refractivity contribution in [2.45, 2.75) is 25.4 Å². The molecule has 1 aliphatic rings. The van der Waals surface area contributed by atoms with E-state index in [1.165, 1.54) is 18.2 Å². The van der Waals surface area contributed by atoms with Gasteiger partial charge in [0.15, 0.2) is 0 Å². The van der Waals surface area contributed by atoms with E-state index >= 15 is 0 Å². The maximum atomic E-state index is 11.4. The van der Waals surface area contributed by atoms with Crippen molar-refractivity contribution >= 4 is 5.97 Å². The van der Waals surface area contributed by atoms with Crippen molar-refractivity contribution in [3.8, 4) is 0 Å². The number of benzene rings is 1. The van der Waals surface area contributed by atoms with E-state index < -0.39 is 12.1 Å². The Morgan fingerprint density at radius 1 is 1.29 bits per heavy atom. The number of aliphatic hydroxyl groups excluding tert-OH is 1. The molecule has 2 aromatic rings. The Morgan fingerprint density at radius 2 is 2.05 bits per heavy atom. The summed E-state index contributed by atoms with van der Waals surface area (Å²) < 4.78 is 10.0. The number of hydrogen-bond donors (Lipinski definition) is 1. The molecule has 0 radical (unpaired) electrons. The third kappa shape index (κ3) is 2.72. The van der Waals surface area contributed by atoms with Gasteiger partial charge in [-0.15, -0.1) is 0 Å². The number of carbonyl (C=O) groups excluding carboxylic acids is 1. The number of rotatable bonds is 3. The van der Waals surface area contributed by atoms with Gasteiger partial charge in [0, 0.05) is 0 Å². The van der Waals surface area contributed by atoms with Crippen LogP contribution in [-0.2, 0) is 17.6 Å². The fourth-order valence-electron chi connectivity index (χ4n) is 2.95. The molecule has 0 amide bonds. The zero-order valence-corrected chi connectivity index (χ0v) is 11.9. The Labute approximate surface area is 123 Å². The van der Waals surface area contributed by atoms with Crippen molar-refractivity contribution in [2.75, 3.05) is 7.11 Å². The number of fused-ring (bicyclic) bond motifs is 1. The summed E-state index contributed by atoms with van der Waals surface area (Å²) in [4.78, 5) is 11.4. The lowest BCUT2D eigenvalue weighted by molar-refractivity contribution is 0.0528. The van der Waals surface area contributed by atoms with Gasteiger partial charge in [-0.2, -0.15) is 0 Å². The summed E-state index contributed by atoms with van der Waals surface area (Å²) in [7, 11) is 1.30. The molecule has 2 unspecified atom stereocenters. The number of ether oxygens (including phenoxy) is 1. The number of carbonyl (C=O) groups is 1. The first-order valence-corrected chi connectivity index (χ1v) is 7.12. The standard InChI is InChI=1S/C17H18O4/c1-20-17(19)15-9-8-14(21-15)16(18)13-7-6-11-4-2-3-5-12(11)10-13/h2-5,8-9,13,16,18H,6-7,10H2,1H3. The molecule has 1 aromatic carbocycles. The lowest BCUT2D eigenvalue weighted by atomic mass is 9.80. The quantitative estimate of drug-likeness (QED) is 0.881. The molecular weight excluding hydrogens is 268 g/mol. The summed E-state index contributed by atoms with van der Waals surface area (Å²) >= 11 is 0. The monoisotopic (exact) mass is 286 g/mol. The molecule has 1 N–H and O–H groups in total. The van der Waals surface area contributed by atoms with Gasteiger partial charge in [0.2, 0.25) is 5.76 Å². The predicted octanol–water partition coefficient (Wildman–Crippen LogP) is 2.90. The summed E-state index contributed by atoms with van der Waals surface area (Å²) in [6.07, 6.45) is 2.00. The van der Waals surface area contributed by atoms with Crippen molar-refractivity contribution in [1.29, 1.82) is 0 Å². The van der Waals surface area contributed by atoms with Crippen LogP contribution < -0.4 is 0 Å². The zero-order chi connectivity index (χ0) is 14.8. The van der Waals surface area contributed by atoms with Gasteiger partial charge in [-0.05, 0) is 48.4 Å². The van der Waals surface area contributed by atoms with Gasteiger partial charge in [-0.3, -0.25) is 0 Å². The fourth-order valence-corrected chi connectivity index (χ4v) is 2.95. The third-order valence-electron chi connectivity index (χ3n) is 4.14. The van der Waals surface area contributed by atoms with E-state index in [1.54, 1.807) is 12.1 Å². The second-order valence-corrected chi connectivity index (χ2v) is 5.41. The highest BCUT2D eigenvalue weighted by molar-refractivity contribution is 5.86. The van der Waals surface area contributed by atoms with Gasteiger partial charge in [0.25, 0.3) is 0 Å². The zero-order valence-electron chi connectivity index (χ0n) is 11.9. The van der Waals surface area contributed by atoms with Gasteiger partial charge >= 0.3 is 5.97 Å². The molecule has 2 atom stereocenters. The fraction of sp³-hybridized carbons (Fsp3) is 0.353. The van der Waals surface area contributed by atoms with Gasteiger partial charge in [-0.1, -0.05) is 24.3 Å². The van der Waals surface area contributed by atoms with Gasteiger partial charge in [0.05, 0.1) is 7.11 Å². The van der Waals surface area contributed by atoms with Gasteiger partial charge < -0.3 is 14.3 Å². The lowest BCUT2D eigenvalue weighted by Crippen LogP contribution is -2.20. The van der Waals surface area contributed by atoms with Crippen molar-refractivity contribution in [3.63, 3.8) is 0 Å². The average Bonchev–Trinajstić information content (AvgIpc) is 3.03. The molecule has 0 fully saturated rings. The molecule has 1 aromatic heterocycles. The molecule has 21 heavy (non-hydrogen) atoms. The number of furan rings is 1. The van der Waals surface area contributed by atoms with E-state index in [0.717, 1.165) is 19.3 Å². The van der Waals surface area contributed by atoms with Crippen LogP contribution in [0.5, 0.6) is 0 Å². The molecule has 4 heteroatoms. The molecule has 0 saturated carbocycles. The largest absolute Gasteiger partial charge is 0.463 e. The molecule has 3 rings (SSSR count). The first-order chi connectivity index (χ1) is 10.2. The van der Waals surface area contributed by atoms with Crippen molar-refractivity contribution in [1.82, 2.24) is 0 Å². The second kappa shape index (κ2) is 5.74. The minimum absolute atomic E-state index is 0.108. The smallest absolute Gasteiger partial charge is 0.373 e. The van der Waals surface area contributed by atoms with Crippen LogP contribution in [0.3, 0.4) is 0 Å². The summed E-state index contributed by atoms with van der Waals surface area (Å²) in [5.41, 5.74) is 2.64. The van der Waals surface area contributed by atoms with Gasteiger partial charge in [-0.25, -0.2) is 4.79 Å². The molecule has 0 saturated heterocycles. The average molecular weight is 286 g/mol. The second-order valence-electron chi connectivity index (χ2n) is 5.41. The minimum atomic E-state index is -0.697. The molecular formula is C17H18O4. The van der Waals surface area contributed by atoms with Crippen LogP contribution in [-0.4, -0.2) is 18.2 Å². The number of methoxy groups -OCH3 is 1. The van der Waals surface area contributed by atoms with E-state index in [1.807, 2.05) is 12.1 Å². The number of aliphatic hydroxyl groups is 1. The lowest BCUT2D eigenvalue weighted by Gasteiger charge is -2.27. The summed E-state index contributed by atoms with van der Waals surface area (Å²) in [5.74, 6) is 0.140. The van der Waals surface area contributed by atoms with E-state index in [-0.39, 0.29) is 11.7 Å². The Morgan fingerprint density at radius 3 is 2.81 bits per heavy atom. The number of aryl methyl sites for hydroxylation is 1. The number of esters is 1. The topological polar surface area (TPSA) is 59.7 Å². The van der Waals surface area contributed by atoms with Crippen LogP contribution in [0, 0.1) is 5.92 Å². The highest BCUT2D eigenvalue weighted by atomic mass is 16.5. The third-order valence-corrected chi connectivity index (χ3v) is 4.14. The Hall–Kier alpha value is -2.07. The normalized spacial score (nSPS) is 18.9. The van der Waals surface area contributed by atoms with Gasteiger partial charge in [0.1, 0.15) is 11.9 Å². The van der Waals surface area contributed by atoms with E-state index in [4.69, 9.17) is 4.42 Å². The number of hydrogen-bond acceptors (Lipinski definition) is 4. The van der Waals surface area contributed by atoms with E-state index in [2.05, 4.69) is 16.9 Å². The SMILES string of the molecule is COC(=O)c1ccc(C(O)C2CCc3ccccc3C2)o1. The van der Waals surface area contributed by atoms with E-state index in [0.29, 0.717) is 5.76 Å². The Balaban J connectivity index is 1.76. The molecule has 110 valence electrons. The van der Waals surface area contributed by atoms with Crippen molar-refractivity contribution in [3.05, 3.63) is 59.0 Å².